The fourth-order valence-corrected chi connectivity index (χ4v) is 3.73. The van der Waals surface area contributed by atoms with Gasteiger partial charge in [0.1, 0.15) is 17.2 Å². The first-order chi connectivity index (χ1) is 16.9. The number of hydrogen-bond donors (Lipinski definition) is 1. The van der Waals surface area contributed by atoms with Gasteiger partial charge in [0.2, 0.25) is 0 Å². The Morgan fingerprint density at radius 1 is 1.20 bits per heavy atom. The van der Waals surface area contributed by atoms with E-state index in [4.69, 9.17) is 25.8 Å². The number of amides is 1. The monoisotopic (exact) mass is 515 g/mol. The quantitative estimate of drug-likeness (QED) is 0.323. The van der Waals surface area contributed by atoms with Gasteiger partial charge in [0.05, 0.1) is 23.1 Å². The van der Waals surface area contributed by atoms with Gasteiger partial charge in [-0.15, -0.1) is 0 Å². The molecule has 0 aliphatic rings. The predicted molar refractivity (Wildman–Crippen MR) is 136 cm³/mol. The Hall–Kier alpha value is -3.43. The largest absolute Gasteiger partial charge is 0.494 e. The van der Waals surface area contributed by atoms with Crippen molar-refractivity contribution in [3.63, 3.8) is 0 Å². The highest BCUT2D eigenvalue weighted by atomic mass is 35.5. The van der Waals surface area contributed by atoms with E-state index in [1.807, 2.05) is 26.0 Å². The van der Waals surface area contributed by atoms with Crippen LogP contribution in [0.15, 0.2) is 48.8 Å². The minimum atomic E-state index is -0.569. The third kappa shape index (κ3) is 7.80. The van der Waals surface area contributed by atoms with Crippen molar-refractivity contribution in [1.29, 1.82) is 0 Å². The predicted octanol–water partition coefficient (Wildman–Crippen LogP) is 5.78. The van der Waals surface area contributed by atoms with Gasteiger partial charge in [-0.1, -0.05) is 35.9 Å². The molecule has 0 aliphatic carbocycles. The normalized spacial score (nSPS) is 11.8. The lowest BCUT2D eigenvalue weighted by Gasteiger charge is -2.10. The number of halogens is 1. The standard InChI is InChI=1S/C25H26ClN3O5S/c1-4-12-33-18-7-9-22(20(26)14-18)34-25-28-15-19(35-25)8-6-16(3)29-23(30)17-10-11-27-21(13-17)24(31)32-5-2/h6-11,13-16H,4-5,12H2,1-3H3,(H,29,30)/b8-6+/t16-/m0/s1. The maximum Gasteiger partial charge on any atom is 0.356 e. The molecule has 3 rings (SSSR count). The van der Waals surface area contributed by atoms with Crippen LogP contribution in [0.25, 0.3) is 6.08 Å². The van der Waals surface area contributed by atoms with Crippen LogP contribution in [0.3, 0.4) is 0 Å². The van der Waals surface area contributed by atoms with Crippen molar-refractivity contribution < 1.29 is 23.8 Å². The summed E-state index contributed by atoms with van der Waals surface area (Å²) in [5.74, 6) is 0.275. The topological polar surface area (TPSA) is 99.6 Å². The Morgan fingerprint density at radius 2 is 2.03 bits per heavy atom. The van der Waals surface area contributed by atoms with Gasteiger partial charge in [-0.25, -0.2) is 14.8 Å². The van der Waals surface area contributed by atoms with E-state index in [2.05, 4.69) is 15.3 Å². The molecule has 3 aromatic rings. The van der Waals surface area contributed by atoms with Gasteiger partial charge < -0.3 is 19.5 Å². The number of benzene rings is 1. The zero-order chi connectivity index (χ0) is 25.2. The lowest BCUT2D eigenvalue weighted by atomic mass is 10.2. The number of nitrogens with zero attached hydrogens (tertiary/aromatic N) is 2. The SMILES string of the molecule is CCCOc1ccc(Oc2ncc(/C=C/[C@H](C)NC(=O)c3ccnc(C(=O)OCC)c3)s2)c(Cl)c1. The Labute approximate surface area is 212 Å². The zero-order valence-electron chi connectivity index (χ0n) is 19.6. The number of ether oxygens (including phenoxy) is 3. The fourth-order valence-electron chi connectivity index (χ4n) is 2.83. The summed E-state index contributed by atoms with van der Waals surface area (Å²) in [6.45, 7) is 6.43. The van der Waals surface area contributed by atoms with Gasteiger partial charge in [-0.05, 0) is 50.6 Å². The highest BCUT2D eigenvalue weighted by Crippen LogP contribution is 2.34. The van der Waals surface area contributed by atoms with Crippen molar-refractivity contribution in [2.75, 3.05) is 13.2 Å². The molecule has 35 heavy (non-hydrogen) atoms. The second kappa shape index (κ2) is 12.9. The van der Waals surface area contributed by atoms with E-state index in [-0.39, 0.29) is 24.2 Å². The molecule has 1 atom stereocenters. The maximum absolute atomic E-state index is 12.5. The highest BCUT2D eigenvalue weighted by Gasteiger charge is 2.14. The molecule has 184 valence electrons. The van der Waals surface area contributed by atoms with E-state index in [0.717, 1.165) is 11.3 Å². The number of aromatic nitrogens is 2. The van der Waals surface area contributed by atoms with Gasteiger partial charge in [-0.3, -0.25) is 4.79 Å². The molecule has 1 amide bonds. The van der Waals surface area contributed by atoms with Crippen molar-refractivity contribution in [2.45, 2.75) is 33.2 Å². The van der Waals surface area contributed by atoms with E-state index in [9.17, 15) is 9.59 Å². The molecule has 0 fully saturated rings. The third-order valence-electron chi connectivity index (χ3n) is 4.49. The molecule has 0 aliphatic heterocycles. The van der Waals surface area contributed by atoms with Crippen molar-refractivity contribution >= 4 is 40.9 Å². The third-order valence-corrected chi connectivity index (χ3v) is 5.63. The summed E-state index contributed by atoms with van der Waals surface area (Å²) in [7, 11) is 0. The number of hydrogen-bond acceptors (Lipinski definition) is 8. The van der Waals surface area contributed by atoms with Crippen molar-refractivity contribution in [3.05, 3.63) is 70.0 Å². The summed E-state index contributed by atoms with van der Waals surface area (Å²) in [5.41, 5.74) is 0.405. The summed E-state index contributed by atoms with van der Waals surface area (Å²) in [6.07, 6.45) is 7.66. The lowest BCUT2D eigenvalue weighted by Crippen LogP contribution is -2.31. The van der Waals surface area contributed by atoms with Crippen molar-refractivity contribution in [1.82, 2.24) is 15.3 Å². The van der Waals surface area contributed by atoms with E-state index >= 15 is 0 Å². The fraction of sp³-hybridized carbons (Fsp3) is 0.280. The molecular formula is C25H26ClN3O5S. The summed E-state index contributed by atoms with van der Waals surface area (Å²) in [6, 6.07) is 7.92. The number of pyridine rings is 1. The lowest BCUT2D eigenvalue weighted by molar-refractivity contribution is 0.0519. The van der Waals surface area contributed by atoms with E-state index < -0.39 is 5.97 Å². The number of thiazole rings is 1. The minimum absolute atomic E-state index is 0.0862. The number of nitrogens with one attached hydrogen (secondary N) is 1. The van der Waals surface area contributed by atoms with Gasteiger partial charge >= 0.3 is 5.97 Å². The molecule has 0 saturated carbocycles. The second-order valence-electron chi connectivity index (χ2n) is 7.34. The molecule has 1 aromatic carbocycles. The number of rotatable bonds is 11. The summed E-state index contributed by atoms with van der Waals surface area (Å²) < 4.78 is 16.3. The first kappa shape index (κ1) is 26.2. The molecule has 10 heteroatoms. The van der Waals surface area contributed by atoms with Crippen LogP contribution in [0.4, 0.5) is 0 Å². The van der Waals surface area contributed by atoms with Crippen LogP contribution in [0.5, 0.6) is 16.7 Å². The van der Waals surface area contributed by atoms with E-state index in [0.29, 0.717) is 33.9 Å². The zero-order valence-corrected chi connectivity index (χ0v) is 21.2. The van der Waals surface area contributed by atoms with Crippen LogP contribution >= 0.6 is 22.9 Å². The van der Waals surface area contributed by atoms with Crippen LogP contribution in [0.1, 0.15) is 52.9 Å². The molecule has 8 nitrogen and oxygen atoms in total. The summed E-state index contributed by atoms with van der Waals surface area (Å²) in [5, 5.41) is 3.73. The van der Waals surface area contributed by atoms with Crippen LogP contribution in [-0.2, 0) is 4.74 Å². The number of carbonyl (C=O) groups is 2. The Bertz CT molecular complexity index is 1200. The van der Waals surface area contributed by atoms with Crippen LogP contribution < -0.4 is 14.8 Å². The summed E-state index contributed by atoms with van der Waals surface area (Å²) >= 11 is 7.64. The Morgan fingerprint density at radius 3 is 2.77 bits per heavy atom. The molecule has 0 spiro atoms. The molecule has 1 N–H and O–H groups in total. The molecule has 2 heterocycles. The molecular weight excluding hydrogens is 490 g/mol. The Balaban J connectivity index is 1.56. The van der Waals surface area contributed by atoms with Crippen molar-refractivity contribution in [2.24, 2.45) is 0 Å². The van der Waals surface area contributed by atoms with Gasteiger partial charge in [0.15, 0.2) is 0 Å². The maximum atomic E-state index is 12.5. The molecule has 2 aromatic heterocycles. The number of esters is 1. The van der Waals surface area contributed by atoms with Gasteiger partial charge in [0.25, 0.3) is 11.1 Å². The first-order valence-electron chi connectivity index (χ1n) is 11.1. The average molecular weight is 516 g/mol. The van der Waals surface area contributed by atoms with Crippen LogP contribution in [0.2, 0.25) is 5.02 Å². The molecule has 0 bridgehead atoms. The number of carbonyl (C=O) groups excluding carboxylic acids is 2. The first-order valence-corrected chi connectivity index (χ1v) is 12.3. The van der Waals surface area contributed by atoms with Crippen molar-refractivity contribution in [3.8, 4) is 16.7 Å². The average Bonchev–Trinajstić information content (AvgIpc) is 3.30. The van der Waals surface area contributed by atoms with Gasteiger partial charge in [-0.2, -0.15) is 0 Å². The second-order valence-corrected chi connectivity index (χ2v) is 8.77. The highest BCUT2D eigenvalue weighted by molar-refractivity contribution is 7.14. The van der Waals surface area contributed by atoms with E-state index in [1.54, 1.807) is 31.3 Å². The smallest absolute Gasteiger partial charge is 0.356 e. The molecule has 0 saturated heterocycles. The van der Waals surface area contributed by atoms with Crippen LogP contribution in [0, 0.1) is 0 Å². The molecule has 0 unspecified atom stereocenters. The Kier molecular flexibility index (Phi) is 9.63. The van der Waals surface area contributed by atoms with E-state index in [1.165, 1.54) is 29.7 Å². The molecule has 0 radical (unpaired) electrons. The summed E-state index contributed by atoms with van der Waals surface area (Å²) in [4.78, 5) is 33.4. The van der Waals surface area contributed by atoms with Crippen LogP contribution in [-0.4, -0.2) is 41.1 Å². The van der Waals surface area contributed by atoms with Gasteiger partial charge in [0, 0.05) is 30.1 Å². The minimum Gasteiger partial charge on any atom is -0.494 e.